The van der Waals surface area contributed by atoms with Crippen molar-refractivity contribution in [2.24, 2.45) is 0 Å². The first-order valence-electron chi connectivity index (χ1n) is 9.62. The molecule has 5 nitrogen and oxygen atoms in total. The highest BCUT2D eigenvalue weighted by molar-refractivity contribution is 5.90. The van der Waals surface area contributed by atoms with Crippen molar-refractivity contribution in [3.05, 3.63) is 35.9 Å². The Kier molecular flexibility index (Phi) is 3.35. The maximum Gasteiger partial charge on any atom is 0.174 e. The number of rotatable bonds is 4. The van der Waals surface area contributed by atoms with Crippen LogP contribution in [0.1, 0.15) is 37.3 Å². The van der Waals surface area contributed by atoms with Gasteiger partial charge in [-0.3, -0.25) is 9.69 Å². The summed E-state index contributed by atoms with van der Waals surface area (Å²) in [5.74, 6) is 0.792. The number of ketones is 1. The Balaban J connectivity index is 1.80. The van der Waals surface area contributed by atoms with Crippen LogP contribution < -0.4 is 4.74 Å². The largest absolute Gasteiger partial charge is 0.504 e. The highest BCUT2D eigenvalue weighted by Gasteiger charge is 2.74. The number of phenolic OH excluding ortho intramolecular Hbond substituents is 1. The normalized spacial score (nSPS) is 37.2. The molecular formula is C21H25NO4. The number of carbonyl (C=O) groups is 1. The second kappa shape index (κ2) is 5.33. The predicted octanol–water partition coefficient (Wildman–Crippen LogP) is 2.35. The van der Waals surface area contributed by atoms with E-state index < -0.39 is 17.1 Å². The van der Waals surface area contributed by atoms with Crippen LogP contribution in [0.15, 0.2) is 24.8 Å². The van der Waals surface area contributed by atoms with Crippen molar-refractivity contribution in [1.29, 1.82) is 0 Å². The average molecular weight is 355 g/mol. The van der Waals surface area contributed by atoms with E-state index in [1.165, 1.54) is 5.56 Å². The van der Waals surface area contributed by atoms with E-state index in [0.717, 1.165) is 31.5 Å². The maximum absolute atomic E-state index is 12.9. The Morgan fingerprint density at radius 1 is 1.46 bits per heavy atom. The van der Waals surface area contributed by atoms with Gasteiger partial charge in [0.05, 0.1) is 11.0 Å². The van der Waals surface area contributed by atoms with Gasteiger partial charge in [0.15, 0.2) is 23.4 Å². The lowest BCUT2D eigenvalue weighted by Crippen LogP contribution is -2.77. The van der Waals surface area contributed by atoms with Crippen LogP contribution in [-0.4, -0.2) is 53.2 Å². The average Bonchev–Trinajstić information content (AvgIpc) is 2.98. The fourth-order valence-corrected chi connectivity index (χ4v) is 6.32. The summed E-state index contributed by atoms with van der Waals surface area (Å²) in [7, 11) is 0. The van der Waals surface area contributed by atoms with Crippen molar-refractivity contribution in [2.75, 3.05) is 19.7 Å². The molecule has 2 aliphatic carbocycles. The SMILES string of the molecule is C=CCN1CC[C@]23c4c5ccc(O)c4O[C@H]2C(=O)CC[C@@]3(OCC)C1C5. The Labute approximate surface area is 153 Å². The summed E-state index contributed by atoms with van der Waals surface area (Å²) < 4.78 is 12.7. The number of hydrogen-bond acceptors (Lipinski definition) is 5. The summed E-state index contributed by atoms with van der Waals surface area (Å²) in [5, 5.41) is 10.4. The van der Waals surface area contributed by atoms with Crippen molar-refractivity contribution in [3.8, 4) is 11.5 Å². The first kappa shape index (κ1) is 16.3. The van der Waals surface area contributed by atoms with Crippen LogP contribution in [0.5, 0.6) is 11.5 Å². The molecule has 1 saturated heterocycles. The summed E-state index contributed by atoms with van der Waals surface area (Å²) >= 11 is 0. The predicted molar refractivity (Wildman–Crippen MR) is 96.7 cm³/mol. The molecule has 1 spiro atoms. The summed E-state index contributed by atoms with van der Waals surface area (Å²) in [4.78, 5) is 15.3. The molecule has 2 heterocycles. The smallest absolute Gasteiger partial charge is 0.174 e. The lowest BCUT2D eigenvalue weighted by atomic mass is 9.48. The van der Waals surface area contributed by atoms with Crippen LogP contribution >= 0.6 is 0 Å². The number of hydrogen-bond donors (Lipinski definition) is 1. The van der Waals surface area contributed by atoms with Gasteiger partial charge in [-0.1, -0.05) is 12.1 Å². The first-order valence-corrected chi connectivity index (χ1v) is 9.62. The standard InChI is InChI=1S/C21H25NO4/c1-3-10-22-11-9-20-17-13-5-6-14(23)18(17)26-19(20)15(24)7-8-21(20,25-4-2)16(22)12-13/h3,5-6,16,19,23H,1,4,7-12H2,2H3/t16?,19-,20-,21+/m0/s1. The van der Waals surface area contributed by atoms with Gasteiger partial charge in [-0.2, -0.15) is 0 Å². The molecule has 1 saturated carbocycles. The van der Waals surface area contributed by atoms with E-state index in [1.54, 1.807) is 6.07 Å². The quantitative estimate of drug-likeness (QED) is 0.840. The van der Waals surface area contributed by atoms with Crippen LogP contribution in [-0.2, 0) is 21.4 Å². The molecule has 0 radical (unpaired) electrons. The Bertz CT molecular complexity index is 805. The molecule has 2 bridgehead atoms. The molecule has 2 aliphatic heterocycles. The number of ether oxygens (including phenoxy) is 2. The molecule has 2 fully saturated rings. The van der Waals surface area contributed by atoms with Gasteiger partial charge in [-0.15, -0.1) is 6.58 Å². The third-order valence-electron chi connectivity index (χ3n) is 7.09. The van der Waals surface area contributed by atoms with Crippen molar-refractivity contribution in [3.63, 3.8) is 0 Å². The second-order valence-corrected chi connectivity index (χ2v) is 7.96. The summed E-state index contributed by atoms with van der Waals surface area (Å²) in [6, 6.07) is 3.89. The molecule has 1 aromatic rings. The summed E-state index contributed by atoms with van der Waals surface area (Å²) in [5.41, 5.74) is 1.29. The van der Waals surface area contributed by atoms with Gasteiger partial charge in [-0.25, -0.2) is 0 Å². The van der Waals surface area contributed by atoms with Crippen molar-refractivity contribution in [1.82, 2.24) is 4.90 Å². The zero-order chi connectivity index (χ0) is 18.1. The third kappa shape index (κ3) is 1.66. The Morgan fingerprint density at radius 2 is 2.31 bits per heavy atom. The van der Waals surface area contributed by atoms with E-state index in [-0.39, 0.29) is 17.6 Å². The summed E-state index contributed by atoms with van der Waals surface area (Å²) in [6.45, 7) is 8.26. The topological polar surface area (TPSA) is 59.0 Å². The second-order valence-electron chi connectivity index (χ2n) is 7.96. The molecule has 1 N–H and O–H groups in total. The van der Waals surface area contributed by atoms with Gasteiger partial charge < -0.3 is 14.6 Å². The van der Waals surface area contributed by atoms with Crippen molar-refractivity contribution < 1.29 is 19.4 Å². The van der Waals surface area contributed by atoms with Crippen molar-refractivity contribution >= 4 is 5.78 Å². The fourth-order valence-electron chi connectivity index (χ4n) is 6.32. The molecule has 5 heteroatoms. The van der Waals surface area contributed by atoms with Gasteiger partial charge in [0.1, 0.15) is 0 Å². The van der Waals surface area contributed by atoms with Gasteiger partial charge in [-0.05, 0) is 37.8 Å². The van der Waals surface area contributed by atoms with Gasteiger partial charge in [0, 0.05) is 37.7 Å². The van der Waals surface area contributed by atoms with Crippen LogP contribution in [0.3, 0.4) is 0 Å². The fraction of sp³-hybridized carbons (Fsp3) is 0.571. The minimum atomic E-state index is -0.543. The van der Waals surface area contributed by atoms with Crippen molar-refractivity contribution in [2.45, 2.75) is 55.8 Å². The Hall–Kier alpha value is -1.85. The van der Waals surface area contributed by atoms with E-state index >= 15 is 0 Å². The lowest BCUT2D eigenvalue weighted by molar-refractivity contribution is -0.210. The molecule has 138 valence electrons. The Morgan fingerprint density at radius 3 is 3.08 bits per heavy atom. The zero-order valence-electron chi connectivity index (χ0n) is 15.2. The highest BCUT2D eigenvalue weighted by Crippen LogP contribution is 2.65. The van der Waals surface area contributed by atoms with Gasteiger partial charge in [0.2, 0.25) is 0 Å². The molecule has 1 aromatic carbocycles. The van der Waals surface area contributed by atoms with Crippen LogP contribution in [0.2, 0.25) is 0 Å². The van der Waals surface area contributed by atoms with Crippen LogP contribution in [0.4, 0.5) is 0 Å². The number of Topliss-reactive ketones (excluding diaryl/α,β-unsaturated/α-hetero) is 1. The molecule has 1 unspecified atom stereocenters. The van der Waals surface area contributed by atoms with E-state index in [1.807, 2.05) is 19.1 Å². The maximum atomic E-state index is 12.9. The van der Waals surface area contributed by atoms with E-state index in [9.17, 15) is 9.90 Å². The molecular weight excluding hydrogens is 330 g/mol. The number of aromatic hydroxyl groups is 1. The lowest BCUT2D eigenvalue weighted by Gasteiger charge is -2.64. The van der Waals surface area contributed by atoms with E-state index in [4.69, 9.17) is 9.47 Å². The molecule has 26 heavy (non-hydrogen) atoms. The minimum Gasteiger partial charge on any atom is -0.504 e. The molecule has 5 rings (SSSR count). The monoisotopic (exact) mass is 355 g/mol. The molecule has 0 amide bonds. The molecule has 4 aliphatic rings. The third-order valence-corrected chi connectivity index (χ3v) is 7.09. The molecule has 0 aromatic heterocycles. The van der Waals surface area contributed by atoms with Crippen LogP contribution in [0.25, 0.3) is 0 Å². The van der Waals surface area contributed by atoms with E-state index in [0.29, 0.717) is 25.2 Å². The number of piperidine rings is 1. The number of benzene rings is 1. The first-order chi connectivity index (χ1) is 12.6. The highest BCUT2D eigenvalue weighted by atomic mass is 16.5. The molecule has 4 atom stereocenters. The number of phenols is 1. The number of likely N-dealkylation sites (tertiary alicyclic amines) is 1. The zero-order valence-corrected chi connectivity index (χ0v) is 15.2. The van der Waals surface area contributed by atoms with E-state index in [2.05, 4.69) is 11.5 Å². The van der Waals surface area contributed by atoms with Gasteiger partial charge >= 0.3 is 0 Å². The summed E-state index contributed by atoms with van der Waals surface area (Å²) in [6.07, 6.45) is 4.24. The minimum absolute atomic E-state index is 0.137. The van der Waals surface area contributed by atoms with Crippen LogP contribution in [0, 0.1) is 0 Å². The number of nitrogens with zero attached hydrogens (tertiary/aromatic N) is 1. The van der Waals surface area contributed by atoms with Gasteiger partial charge in [0.25, 0.3) is 0 Å². The number of carbonyl (C=O) groups excluding carboxylic acids is 1.